The molecule has 2 aliphatic heterocycles. The van der Waals surface area contributed by atoms with Crippen LogP contribution < -0.4 is 10.3 Å². The van der Waals surface area contributed by atoms with E-state index in [4.69, 9.17) is 23.2 Å². The number of halogens is 2. The zero-order valence-electron chi connectivity index (χ0n) is 11.6. The Kier molecular flexibility index (Phi) is 3.48. The van der Waals surface area contributed by atoms with Gasteiger partial charge in [-0.05, 0) is 25.0 Å². The molecule has 1 aliphatic carbocycles. The van der Waals surface area contributed by atoms with E-state index in [-0.39, 0.29) is 5.43 Å². The van der Waals surface area contributed by atoms with Crippen molar-refractivity contribution in [3.05, 3.63) is 44.5 Å². The molecule has 1 fully saturated rings. The van der Waals surface area contributed by atoms with Gasteiger partial charge in [0.25, 0.3) is 0 Å². The number of hydrogen-bond donors (Lipinski definition) is 0. The van der Waals surface area contributed by atoms with Gasteiger partial charge in [-0.1, -0.05) is 23.2 Å². The zero-order valence-corrected chi connectivity index (χ0v) is 13.9. The Hall–Kier alpha value is -1.36. The third-order valence-electron chi connectivity index (χ3n) is 3.93. The lowest BCUT2D eigenvalue weighted by molar-refractivity contribution is 0.949. The van der Waals surface area contributed by atoms with Crippen molar-refractivity contribution in [1.29, 1.82) is 0 Å². The van der Waals surface area contributed by atoms with Crippen LogP contribution in [-0.2, 0) is 0 Å². The van der Waals surface area contributed by atoms with Gasteiger partial charge in [-0.25, -0.2) is 4.98 Å². The molecule has 3 aliphatic rings. The number of anilines is 1. The van der Waals surface area contributed by atoms with E-state index in [0.29, 0.717) is 15.7 Å². The fourth-order valence-electron chi connectivity index (χ4n) is 2.87. The summed E-state index contributed by atoms with van der Waals surface area (Å²) in [6, 6.07) is 7.04. The molecule has 0 aromatic heterocycles. The summed E-state index contributed by atoms with van der Waals surface area (Å²) in [5.41, 5.74) is 2.39. The van der Waals surface area contributed by atoms with Crippen molar-refractivity contribution < 1.29 is 0 Å². The largest absolute Gasteiger partial charge is 0.371 e. The molecule has 1 aromatic carbocycles. The molecule has 3 nitrogen and oxygen atoms in total. The second-order valence-electron chi connectivity index (χ2n) is 5.43. The second-order valence-corrected chi connectivity index (χ2v) is 7.33. The van der Waals surface area contributed by atoms with Gasteiger partial charge in [0.2, 0.25) is 0 Å². The second kappa shape index (κ2) is 5.37. The number of fused-ring (bicyclic) bond motifs is 2. The molecule has 0 amide bonds. The van der Waals surface area contributed by atoms with Gasteiger partial charge in [-0.15, -0.1) is 11.3 Å². The molecule has 0 unspecified atom stereocenters. The predicted octanol–water partition coefficient (Wildman–Crippen LogP) is 4.67. The molecule has 0 spiro atoms. The minimum Gasteiger partial charge on any atom is -0.371 e. The first-order chi connectivity index (χ1) is 10.6. The van der Waals surface area contributed by atoms with Crippen LogP contribution in [0.2, 0.25) is 10.0 Å². The van der Waals surface area contributed by atoms with E-state index in [1.165, 1.54) is 30.2 Å². The van der Waals surface area contributed by atoms with E-state index in [0.717, 1.165) is 33.9 Å². The van der Waals surface area contributed by atoms with E-state index >= 15 is 0 Å². The lowest BCUT2D eigenvalue weighted by Gasteiger charge is -2.19. The van der Waals surface area contributed by atoms with E-state index in [1.807, 2.05) is 6.07 Å². The van der Waals surface area contributed by atoms with Crippen LogP contribution in [0.4, 0.5) is 5.69 Å². The molecule has 0 radical (unpaired) electrons. The molecule has 2 heterocycles. The average molecular weight is 351 g/mol. The van der Waals surface area contributed by atoms with Gasteiger partial charge in [0.1, 0.15) is 0 Å². The average Bonchev–Trinajstić information content (AvgIpc) is 2.99. The first kappa shape index (κ1) is 14.2. The van der Waals surface area contributed by atoms with Crippen molar-refractivity contribution in [3.8, 4) is 10.6 Å². The van der Waals surface area contributed by atoms with Crippen molar-refractivity contribution in [2.45, 2.75) is 12.8 Å². The van der Waals surface area contributed by atoms with Gasteiger partial charge < -0.3 is 4.90 Å². The number of hydrogen-bond acceptors (Lipinski definition) is 4. The Labute approximate surface area is 141 Å². The van der Waals surface area contributed by atoms with E-state index in [9.17, 15) is 4.79 Å². The molecule has 112 valence electrons. The molecule has 0 atom stereocenters. The lowest BCUT2D eigenvalue weighted by atomic mass is 10.2. The summed E-state index contributed by atoms with van der Waals surface area (Å²) in [5.74, 6) is 0. The molecular weight excluding hydrogens is 339 g/mol. The van der Waals surface area contributed by atoms with Gasteiger partial charge in [-0.2, -0.15) is 0 Å². The van der Waals surface area contributed by atoms with Gasteiger partial charge in [0, 0.05) is 30.9 Å². The highest BCUT2D eigenvalue weighted by molar-refractivity contribution is 7.21. The van der Waals surface area contributed by atoms with E-state index < -0.39 is 0 Å². The molecule has 1 aromatic rings. The molecule has 0 saturated carbocycles. The van der Waals surface area contributed by atoms with E-state index in [1.54, 1.807) is 6.07 Å². The molecular formula is C16H12Cl2N2OS. The minimum atomic E-state index is -0.100. The SMILES string of the molecule is O=c1cc2sc3cc(N4CCCC4)cc(Cl)c3nc-2c(Cl)c1. The van der Waals surface area contributed by atoms with Crippen molar-refractivity contribution >= 4 is 50.4 Å². The van der Waals surface area contributed by atoms with Crippen LogP contribution >= 0.6 is 34.5 Å². The summed E-state index contributed by atoms with van der Waals surface area (Å²) >= 11 is 14.1. The maximum absolute atomic E-state index is 11.6. The third kappa shape index (κ3) is 2.35. The third-order valence-corrected chi connectivity index (χ3v) is 5.57. The summed E-state index contributed by atoms with van der Waals surface area (Å²) in [7, 11) is 0. The molecule has 22 heavy (non-hydrogen) atoms. The van der Waals surface area contributed by atoms with Crippen molar-refractivity contribution in [3.63, 3.8) is 0 Å². The topological polar surface area (TPSA) is 33.2 Å². The quantitative estimate of drug-likeness (QED) is 0.598. The normalized spacial score (nSPS) is 15.1. The van der Waals surface area contributed by atoms with Crippen LogP contribution in [-0.4, -0.2) is 18.1 Å². The van der Waals surface area contributed by atoms with Crippen LogP contribution in [0.25, 0.3) is 20.8 Å². The number of nitrogens with zero attached hydrogens (tertiary/aromatic N) is 2. The van der Waals surface area contributed by atoms with Crippen LogP contribution in [0.1, 0.15) is 12.8 Å². The smallest absolute Gasteiger partial charge is 0.181 e. The molecule has 6 heteroatoms. The monoisotopic (exact) mass is 350 g/mol. The van der Waals surface area contributed by atoms with Crippen LogP contribution in [0.3, 0.4) is 0 Å². The highest BCUT2D eigenvalue weighted by atomic mass is 35.5. The maximum atomic E-state index is 11.6. The van der Waals surface area contributed by atoms with Crippen molar-refractivity contribution in [1.82, 2.24) is 4.98 Å². The van der Waals surface area contributed by atoms with Gasteiger partial charge >= 0.3 is 0 Å². The zero-order chi connectivity index (χ0) is 15.3. The van der Waals surface area contributed by atoms with Gasteiger partial charge in [-0.3, -0.25) is 4.79 Å². The molecule has 0 bridgehead atoms. The molecule has 0 N–H and O–H groups in total. The molecule has 4 rings (SSSR count). The van der Waals surface area contributed by atoms with Gasteiger partial charge in [0.05, 0.1) is 30.8 Å². The van der Waals surface area contributed by atoms with Gasteiger partial charge in [0.15, 0.2) is 5.43 Å². The summed E-state index contributed by atoms with van der Waals surface area (Å²) in [4.78, 5) is 19.3. The summed E-state index contributed by atoms with van der Waals surface area (Å²) in [6.45, 7) is 2.12. The highest BCUT2D eigenvalue weighted by Gasteiger charge is 2.18. The van der Waals surface area contributed by atoms with Crippen molar-refractivity contribution in [2.75, 3.05) is 18.0 Å². The fourth-order valence-corrected chi connectivity index (χ4v) is 4.59. The Balaban J connectivity index is 1.99. The Morgan fingerprint density at radius 2 is 1.82 bits per heavy atom. The first-order valence-electron chi connectivity index (χ1n) is 7.10. The van der Waals surface area contributed by atoms with Crippen LogP contribution in [0, 0.1) is 0 Å². The Morgan fingerprint density at radius 3 is 2.59 bits per heavy atom. The first-order valence-corrected chi connectivity index (χ1v) is 8.68. The Bertz CT molecular complexity index is 903. The van der Waals surface area contributed by atoms with Crippen LogP contribution in [0.5, 0.6) is 0 Å². The summed E-state index contributed by atoms with van der Waals surface area (Å²) < 4.78 is 0.976. The maximum Gasteiger partial charge on any atom is 0.181 e. The fraction of sp³-hybridized carbons (Fsp3) is 0.250. The Morgan fingerprint density at radius 1 is 1.05 bits per heavy atom. The van der Waals surface area contributed by atoms with E-state index in [2.05, 4.69) is 16.0 Å². The minimum absolute atomic E-state index is 0.100. The number of aromatic nitrogens is 1. The lowest BCUT2D eigenvalue weighted by Crippen LogP contribution is -2.17. The summed E-state index contributed by atoms with van der Waals surface area (Å²) in [5, 5.41) is 1.00. The highest BCUT2D eigenvalue weighted by Crippen LogP contribution is 2.38. The number of benzene rings is 2. The van der Waals surface area contributed by atoms with Crippen molar-refractivity contribution in [2.24, 2.45) is 0 Å². The number of rotatable bonds is 1. The molecule has 1 saturated heterocycles. The van der Waals surface area contributed by atoms with Crippen LogP contribution in [0.15, 0.2) is 29.1 Å². The predicted molar refractivity (Wildman–Crippen MR) is 94.0 cm³/mol. The standard InChI is InChI=1S/C16H12Cl2N2OS/c17-11-5-9(20-3-1-2-4-20)6-13-15(11)19-16-12(18)7-10(21)8-14(16)22-13/h5-8H,1-4H2. The summed E-state index contributed by atoms with van der Waals surface area (Å²) in [6.07, 6.45) is 2.43.